The molecule has 6 N–H and O–H groups in total. The van der Waals surface area contributed by atoms with Crippen molar-refractivity contribution in [3.8, 4) is 0 Å². The van der Waals surface area contributed by atoms with E-state index in [0.29, 0.717) is 24.9 Å². The lowest BCUT2D eigenvalue weighted by Gasteiger charge is -2.22. The van der Waals surface area contributed by atoms with Crippen LogP contribution in [0.2, 0.25) is 0 Å². The molecule has 0 bridgehead atoms. The molecule has 44 heavy (non-hydrogen) atoms. The van der Waals surface area contributed by atoms with E-state index in [1.165, 1.54) is 12.3 Å². The lowest BCUT2D eigenvalue weighted by Crippen LogP contribution is -2.40. The number of carbonyl (C=O) groups excluding carboxylic acids is 3. The fraction of sp³-hybridized carbons (Fsp3) is 0.200. The number of oxime groups is 1. The first-order valence-corrected chi connectivity index (χ1v) is 13.7. The van der Waals surface area contributed by atoms with Gasteiger partial charge in [0.05, 0.1) is 12.3 Å². The van der Waals surface area contributed by atoms with E-state index in [1.807, 2.05) is 30.3 Å². The molecule has 0 radical (unpaired) electrons. The van der Waals surface area contributed by atoms with Gasteiger partial charge in [0.2, 0.25) is 0 Å². The molecule has 2 heterocycles. The van der Waals surface area contributed by atoms with E-state index >= 15 is 0 Å². The van der Waals surface area contributed by atoms with Crippen LogP contribution in [0, 0.1) is 0 Å². The van der Waals surface area contributed by atoms with Crippen molar-refractivity contribution in [2.75, 3.05) is 17.2 Å². The Hall–Kier alpha value is -5.92. The highest BCUT2D eigenvalue weighted by Gasteiger charge is 2.30. The van der Waals surface area contributed by atoms with Crippen LogP contribution in [-0.2, 0) is 24.2 Å². The third-order valence-electron chi connectivity index (χ3n) is 7.72. The Balaban J connectivity index is 1.08. The molecule has 0 saturated heterocycles. The number of nitrogens with two attached hydrogens (primary N) is 2. The van der Waals surface area contributed by atoms with Crippen molar-refractivity contribution in [1.82, 2.24) is 20.6 Å². The van der Waals surface area contributed by atoms with Gasteiger partial charge < -0.3 is 27.0 Å². The predicted octanol–water partition coefficient (Wildman–Crippen LogP) is 1.13. The van der Waals surface area contributed by atoms with Crippen LogP contribution in [0.4, 0.5) is 21.9 Å². The summed E-state index contributed by atoms with van der Waals surface area (Å²) in [7, 11) is 0. The lowest BCUT2D eigenvalue weighted by atomic mass is 10.0. The highest BCUT2D eigenvalue weighted by Crippen LogP contribution is 2.36. The monoisotopic (exact) mass is 594 g/mol. The SMILES string of the molecule is NC(=O)O/N=C/c1ccc2c(c1)CCC2NC(=O)c1cc(C(=O)NCc2ccc3c(c2)N(c2c(N)c(=O)c2=O)CC3)ncn1. The summed E-state index contributed by atoms with van der Waals surface area (Å²) in [5.41, 5.74) is 14.9. The van der Waals surface area contributed by atoms with E-state index in [-0.39, 0.29) is 35.3 Å². The molecule has 1 aliphatic carbocycles. The second-order valence-electron chi connectivity index (χ2n) is 10.4. The summed E-state index contributed by atoms with van der Waals surface area (Å²) < 4.78 is 0. The average Bonchev–Trinajstić information content (AvgIpc) is 3.63. The smallest absolute Gasteiger partial charge is 0.394 e. The largest absolute Gasteiger partial charge is 0.430 e. The molecule has 6 rings (SSSR count). The van der Waals surface area contributed by atoms with Gasteiger partial charge in [-0.25, -0.2) is 14.8 Å². The Bertz CT molecular complexity index is 1930. The minimum absolute atomic E-state index is 0.0263. The minimum Gasteiger partial charge on any atom is -0.394 e. The minimum atomic E-state index is -1.00. The number of anilines is 3. The zero-order valence-corrected chi connectivity index (χ0v) is 23.2. The quantitative estimate of drug-likeness (QED) is 0.0988. The van der Waals surface area contributed by atoms with E-state index in [9.17, 15) is 24.0 Å². The molecule has 1 unspecified atom stereocenters. The molecule has 14 heteroatoms. The van der Waals surface area contributed by atoms with E-state index in [1.54, 1.807) is 11.0 Å². The molecule has 222 valence electrons. The van der Waals surface area contributed by atoms with Crippen molar-refractivity contribution in [3.63, 3.8) is 0 Å². The maximum absolute atomic E-state index is 13.1. The van der Waals surface area contributed by atoms with Gasteiger partial charge in [-0.3, -0.25) is 24.0 Å². The van der Waals surface area contributed by atoms with Crippen molar-refractivity contribution < 1.29 is 19.2 Å². The van der Waals surface area contributed by atoms with Gasteiger partial charge in [0.1, 0.15) is 29.1 Å². The van der Waals surface area contributed by atoms with E-state index in [4.69, 9.17) is 11.5 Å². The van der Waals surface area contributed by atoms with Crippen LogP contribution in [-0.4, -0.2) is 40.6 Å². The molecular formula is C30H26N8O6. The van der Waals surface area contributed by atoms with Gasteiger partial charge in [-0.1, -0.05) is 29.4 Å². The maximum Gasteiger partial charge on any atom is 0.430 e. The van der Waals surface area contributed by atoms with Gasteiger partial charge in [0.15, 0.2) is 0 Å². The number of amides is 3. The number of nitrogen functional groups attached to an aromatic ring is 1. The number of nitrogens with zero attached hydrogens (tertiary/aromatic N) is 4. The number of rotatable bonds is 8. The Morgan fingerprint density at radius 3 is 2.57 bits per heavy atom. The number of hydrogen-bond acceptors (Lipinski definition) is 11. The summed E-state index contributed by atoms with van der Waals surface area (Å²) in [5, 5.41) is 9.28. The molecule has 1 aliphatic heterocycles. The summed E-state index contributed by atoms with van der Waals surface area (Å²) in [4.78, 5) is 74.5. The first kappa shape index (κ1) is 28.2. The second kappa shape index (κ2) is 11.4. The highest BCUT2D eigenvalue weighted by molar-refractivity contribution is 5.97. The fourth-order valence-corrected chi connectivity index (χ4v) is 5.55. The molecule has 3 aromatic carbocycles. The Morgan fingerprint density at radius 1 is 1.00 bits per heavy atom. The van der Waals surface area contributed by atoms with Crippen molar-refractivity contribution in [2.24, 2.45) is 10.9 Å². The van der Waals surface area contributed by atoms with Crippen LogP contribution in [0.3, 0.4) is 0 Å². The summed E-state index contributed by atoms with van der Waals surface area (Å²) >= 11 is 0. The molecule has 3 amide bonds. The second-order valence-corrected chi connectivity index (χ2v) is 10.4. The van der Waals surface area contributed by atoms with E-state index < -0.39 is 28.8 Å². The first-order valence-electron chi connectivity index (χ1n) is 13.7. The van der Waals surface area contributed by atoms with E-state index in [0.717, 1.165) is 40.7 Å². The number of benzene rings is 2. The summed E-state index contributed by atoms with van der Waals surface area (Å²) in [6.45, 7) is 0.690. The number of fused-ring (bicyclic) bond motifs is 2. The Kier molecular flexibility index (Phi) is 7.31. The van der Waals surface area contributed by atoms with Gasteiger partial charge in [0.25, 0.3) is 22.7 Å². The number of primary amides is 1. The molecule has 1 atom stereocenters. The molecule has 0 fully saturated rings. The van der Waals surface area contributed by atoms with Crippen LogP contribution in [0.5, 0.6) is 0 Å². The third kappa shape index (κ3) is 5.35. The number of aryl methyl sites for hydroxylation is 1. The van der Waals surface area contributed by atoms with Gasteiger partial charge >= 0.3 is 6.09 Å². The zero-order valence-electron chi connectivity index (χ0n) is 23.2. The number of nitrogens with one attached hydrogen (secondary N) is 2. The van der Waals surface area contributed by atoms with Crippen molar-refractivity contribution in [2.45, 2.75) is 31.8 Å². The van der Waals surface area contributed by atoms with Crippen LogP contribution in [0.1, 0.15) is 61.3 Å². The van der Waals surface area contributed by atoms with Crippen molar-refractivity contribution in [3.05, 3.63) is 108 Å². The Labute approximate surface area is 249 Å². The van der Waals surface area contributed by atoms with Gasteiger partial charge in [-0.05, 0) is 59.2 Å². The topological polar surface area (TPSA) is 212 Å². The number of aromatic nitrogens is 2. The molecule has 0 spiro atoms. The van der Waals surface area contributed by atoms with Crippen LogP contribution in [0.15, 0.2) is 63.5 Å². The van der Waals surface area contributed by atoms with Crippen molar-refractivity contribution >= 4 is 41.2 Å². The lowest BCUT2D eigenvalue weighted by molar-refractivity contribution is 0.0931. The maximum atomic E-state index is 13.1. The van der Waals surface area contributed by atoms with Crippen LogP contribution in [0.25, 0.3) is 0 Å². The molecule has 0 saturated carbocycles. The van der Waals surface area contributed by atoms with Gasteiger partial charge in [-0.2, -0.15) is 0 Å². The fourth-order valence-electron chi connectivity index (χ4n) is 5.55. The van der Waals surface area contributed by atoms with Crippen LogP contribution >= 0.6 is 0 Å². The molecule has 1 aromatic heterocycles. The van der Waals surface area contributed by atoms with Gasteiger partial charge in [0, 0.05) is 24.8 Å². The first-order chi connectivity index (χ1) is 21.2. The summed E-state index contributed by atoms with van der Waals surface area (Å²) in [5.74, 6) is -0.942. The highest BCUT2D eigenvalue weighted by atomic mass is 16.7. The molecule has 4 aromatic rings. The normalized spacial score (nSPS) is 15.3. The summed E-state index contributed by atoms with van der Waals surface area (Å²) in [6, 6.07) is 12.3. The van der Waals surface area contributed by atoms with E-state index in [2.05, 4.69) is 30.6 Å². The Morgan fingerprint density at radius 2 is 1.80 bits per heavy atom. The van der Waals surface area contributed by atoms with Gasteiger partial charge in [-0.15, -0.1) is 0 Å². The summed E-state index contributed by atoms with van der Waals surface area (Å²) in [6.07, 6.45) is 3.62. The third-order valence-corrected chi connectivity index (χ3v) is 7.72. The van der Waals surface area contributed by atoms with Crippen molar-refractivity contribution in [1.29, 1.82) is 0 Å². The molecule has 14 nitrogen and oxygen atoms in total. The van der Waals surface area contributed by atoms with Crippen LogP contribution < -0.4 is 37.9 Å². The standard InChI is InChI=1S/C30H26N8O6/c31-24-25(27(40)26(24)39)38-8-7-17-3-1-16(10-23(17)38)12-33-28(41)21-11-22(35-14-34-21)29(42)37-20-6-4-18-9-15(2-5-19(18)20)13-36-44-30(32)43/h1-3,5,9-11,13-14,20H,4,6-8,12,31H2,(H2,32,43)(H,33,41)(H,37,42)/b36-13+. The molecule has 2 aliphatic rings. The average molecular weight is 595 g/mol. The predicted molar refractivity (Wildman–Crippen MR) is 159 cm³/mol. The molecular weight excluding hydrogens is 568 g/mol. The number of carbonyl (C=O) groups is 3. The zero-order chi connectivity index (χ0) is 31.0. The number of hydrogen-bond donors (Lipinski definition) is 4.